The van der Waals surface area contributed by atoms with Crippen molar-refractivity contribution in [1.82, 2.24) is 0 Å². The SMILES string of the molecule is COc1ccc2c(c1)C(C(=O)O)C(C)N2C(=O)OCc1ccccc1. The molecule has 0 spiro atoms. The van der Waals surface area contributed by atoms with Crippen LogP contribution in [0.1, 0.15) is 24.0 Å². The zero-order valence-corrected chi connectivity index (χ0v) is 14.0. The van der Waals surface area contributed by atoms with Gasteiger partial charge in [0, 0.05) is 0 Å². The molecule has 0 bridgehead atoms. The number of carbonyl (C=O) groups excluding carboxylic acids is 1. The number of anilines is 1. The lowest BCUT2D eigenvalue weighted by Crippen LogP contribution is -2.39. The molecular weight excluding hydrogens is 322 g/mol. The van der Waals surface area contributed by atoms with Crippen molar-refractivity contribution in [3.63, 3.8) is 0 Å². The van der Waals surface area contributed by atoms with Crippen LogP contribution >= 0.6 is 0 Å². The van der Waals surface area contributed by atoms with E-state index in [9.17, 15) is 14.7 Å². The first-order valence-electron chi connectivity index (χ1n) is 7.93. The van der Waals surface area contributed by atoms with Gasteiger partial charge < -0.3 is 14.6 Å². The maximum Gasteiger partial charge on any atom is 0.414 e. The smallest absolute Gasteiger partial charge is 0.414 e. The maximum absolute atomic E-state index is 12.6. The van der Waals surface area contributed by atoms with Gasteiger partial charge in [0.15, 0.2) is 0 Å². The Labute approximate surface area is 145 Å². The van der Waals surface area contributed by atoms with Gasteiger partial charge in [-0.05, 0) is 36.2 Å². The van der Waals surface area contributed by atoms with E-state index in [1.807, 2.05) is 30.3 Å². The first-order valence-corrected chi connectivity index (χ1v) is 7.93. The molecule has 6 nitrogen and oxygen atoms in total. The summed E-state index contributed by atoms with van der Waals surface area (Å²) in [5.41, 5.74) is 1.96. The zero-order valence-electron chi connectivity index (χ0n) is 14.0. The molecule has 0 aromatic heterocycles. The highest BCUT2D eigenvalue weighted by molar-refractivity contribution is 5.96. The number of benzene rings is 2. The van der Waals surface area contributed by atoms with Gasteiger partial charge >= 0.3 is 12.1 Å². The Morgan fingerprint density at radius 1 is 1.16 bits per heavy atom. The lowest BCUT2D eigenvalue weighted by atomic mass is 9.96. The Morgan fingerprint density at radius 3 is 2.52 bits per heavy atom. The van der Waals surface area contributed by atoms with Crippen LogP contribution < -0.4 is 9.64 Å². The summed E-state index contributed by atoms with van der Waals surface area (Å²) < 4.78 is 10.6. The van der Waals surface area contributed by atoms with Crippen LogP contribution in [0.5, 0.6) is 5.75 Å². The first-order chi connectivity index (χ1) is 12.0. The molecule has 1 aliphatic rings. The van der Waals surface area contributed by atoms with Gasteiger partial charge in [-0.1, -0.05) is 30.3 Å². The summed E-state index contributed by atoms with van der Waals surface area (Å²) >= 11 is 0. The number of carboxylic acids is 1. The first kappa shape index (κ1) is 16.8. The minimum absolute atomic E-state index is 0.131. The molecule has 1 N–H and O–H groups in total. The number of aliphatic carboxylic acids is 1. The van der Waals surface area contributed by atoms with Crippen LogP contribution in [0.2, 0.25) is 0 Å². The number of hydrogen-bond acceptors (Lipinski definition) is 4. The largest absolute Gasteiger partial charge is 0.497 e. The fraction of sp³-hybridized carbons (Fsp3) is 0.263. The molecule has 0 radical (unpaired) electrons. The zero-order chi connectivity index (χ0) is 18.0. The van der Waals surface area contributed by atoms with Crippen molar-refractivity contribution in [3.05, 3.63) is 59.7 Å². The lowest BCUT2D eigenvalue weighted by Gasteiger charge is -2.23. The molecule has 2 unspecified atom stereocenters. The Kier molecular flexibility index (Phi) is 4.61. The molecule has 130 valence electrons. The second-order valence-electron chi connectivity index (χ2n) is 5.89. The molecule has 2 atom stereocenters. The van der Waals surface area contributed by atoms with Gasteiger partial charge in [-0.2, -0.15) is 0 Å². The van der Waals surface area contributed by atoms with Crippen molar-refractivity contribution in [2.24, 2.45) is 0 Å². The number of rotatable bonds is 4. The molecular formula is C19H19NO5. The van der Waals surface area contributed by atoms with E-state index in [-0.39, 0.29) is 6.61 Å². The summed E-state index contributed by atoms with van der Waals surface area (Å²) in [6.07, 6.45) is -0.563. The molecule has 0 saturated heterocycles. The topological polar surface area (TPSA) is 76.1 Å². The molecule has 1 amide bonds. The summed E-state index contributed by atoms with van der Waals surface area (Å²) in [7, 11) is 1.52. The molecule has 1 heterocycles. The van der Waals surface area contributed by atoms with E-state index in [1.54, 1.807) is 25.1 Å². The number of carboxylic acid groups (broad SMARTS) is 1. The summed E-state index contributed by atoms with van der Waals surface area (Å²) in [5, 5.41) is 9.58. The quantitative estimate of drug-likeness (QED) is 0.922. The highest BCUT2D eigenvalue weighted by Gasteiger charge is 2.44. The van der Waals surface area contributed by atoms with Crippen molar-refractivity contribution in [2.45, 2.75) is 25.5 Å². The molecule has 3 rings (SSSR count). The van der Waals surface area contributed by atoms with Gasteiger partial charge in [0.05, 0.1) is 18.8 Å². The van der Waals surface area contributed by atoms with Gasteiger partial charge in [-0.25, -0.2) is 4.79 Å². The van der Waals surface area contributed by atoms with Crippen molar-refractivity contribution in [2.75, 3.05) is 12.0 Å². The van der Waals surface area contributed by atoms with Gasteiger partial charge in [-0.3, -0.25) is 9.69 Å². The average molecular weight is 341 g/mol. The van der Waals surface area contributed by atoms with Gasteiger partial charge in [0.2, 0.25) is 0 Å². The third kappa shape index (κ3) is 3.15. The molecule has 1 aliphatic heterocycles. The van der Waals surface area contributed by atoms with Crippen molar-refractivity contribution in [1.29, 1.82) is 0 Å². The number of amides is 1. The fourth-order valence-corrected chi connectivity index (χ4v) is 3.15. The second kappa shape index (κ2) is 6.84. The summed E-state index contributed by atoms with van der Waals surface area (Å²) in [6.45, 7) is 1.83. The Hall–Kier alpha value is -3.02. The minimum atomic E-state index is -0.986. The highest BCUT2D eigenvalue weighted by Crippen LogP contribution is 2.43. The van der Waals surface area contributed by atoms with E-state index in [0.717, 1.165) is 5.56 Å². The Morgan fingerprint density at radius 2 is 1.88 bits per heavy atom. The standard InChI is InChI=1S/C19H19NO5/c1-12-17(18(21)22)15-10-14(24-2)8-9-16(15)20(12)19(23)25-11-13-6-4-3-5-7-13/h3-10,12,17H,11H2,1-2H3,(H,21,22). The molecule has 0 fully saturated rings. The predicted octanol–water partition coefficient (Wildman–Crippen LogP) is 3.41. The summed E-state index contributed by atoms with van der Waals surface area (Å²) in [6, 6.07) is 13.8. The van der Waals surface area contributed by atoms with Gasteiger partial charge in [0.1, 0.15) is 18.3 Å². The molecule has 0 saturated carbocycles. The Balaban J connectivity index is 1.86. The van der Waals surface area contributed by atoms with E-state index in [0.29, 0.717) is 17.0 Å². The van der Waals surface area contributed by atoms with Crippen LogP contribution in [0.3, 0.4) is 0 Å². The number of ether oxygens (including phenoxy) is 2. The van der Waals surface area contributed by atoms with Crippen molar-refractivity contribution >= 4 is 17.7 Å². The monoisotopic (exact) mass is 341 g/mol. The molecule has 2 aromatic rings. The van der Waals surface area contributed by atoms with Crippen LogP contribution in [-0.4, -0.2) is 30.3 Å². The van der Waals surface area contributed by atoms with E-state index in [4.69, 9.17) is 9.47 Å². The van der Waals surface area contributed by atoms with Crippen LogP contribution in [0.15, 0.2) is 48.5 Å². The molecule has 25 heavy (non-hydrogen) atoms. The average Bonchev–Trinajstić information content (AvgIpc) is 2.91. The predicted molar refractivity (Wildman–Crippen MR) is 91.9 cm³/mol. The number of nitrogens with zero attached hydrogens (tertiary/aromatic N) is 1. The Bertz CT molecular complexity index is 790. The van der Waals surface area contributed by atoms with Crippen LogP contribution in [-0.2, 0) is 16.1 Å². The van der Waals surface area contributed by atoms with Crippen LogP contribution in [0, 0.1) is 0 Å². The van der Waals surface area contributed by atoms with Crippen molar-refractivity contribution in [3.8, 4) is 5.75 Å². The van der Waals surface area contributed by atoms with Crippen LogP contribution in [0.4, 0.5) is 10.5 Å². The fourth-order valence-electron chi connectivity index (χ4n) is 3.15. The maximum atomic E-state index is 12.6. The van der Waals surface area contributed by atoms with E-state index >= 15 is 0 Å². The normalized spacial score (nSPS) is 18.6. The van der Waals surface area contributed by atoms with Gasteiger partial charge in [-0.15, -0.1) is 0 Å². The lowest BCUT2D eigenvalue weighted by molar-refractivity contribution is -0.138. The second-order valence-corrected chi connectivity index (χ2v) is 5.89. The van der Waals surface area contributed by atoms with E-state index < -0.39 is 24.0 Å². The van der Waals surface area contributed by atoms with E-state index in [1.165, 1.54) is 12.0 Å². The van der Waals surface area contributed by atoms with Gasteiger partial charge in [0.25, 0.3) is 0 Å². The minimum Gasteiger partial charge on any atom is -0.497 e. The molecule has 2 aromatic carbocycles. The summed E-state index contributed by atoms with van der Waals surface area (Å²) in [4.78, 5) is 25.7. The molecule has 6 heteroatoms. The summed E-state index contributed by atoms with van der Waals surface area (Å²) in [5.74, 6) is -1.26. The third-order valence-corrected chi connectivity index (χ3v) is 4.39. The third-order valence-electron chi connectivity index (χ3n) is 4.39. The number of fused-ring (bicyclic) bond motifs is 1. The number of hydrogen-bond donors (Lipinski definition) is 1. The highest BCUT2D eigenvalue weighted by atomic mass is 16.6. The van der Waals surface area contributed by atoms with E-state index in [2.05, 4.69) is 0 Å². The van der Waals surface area contributed by atoms with Crippen molar-refractivity contribution < 1.29 is 24.2 Å². The number of carbonyl (C=O) groups is 2. The van der Waals surface area contributed by atoms with Crippen LogP contribution in [0.25, 0.3) is 0 Å². The molecule has 0 aliphatic carbocycles. The number of methoxy groups -OCH3 is 1.